The van der Waals surface area contributed by atoms with E-state index in [0.717, 1.165) is 11.3 Å². The van der Waals surface area contributed by atoms with E-state index < -0.39 is 23.3 Å². The van der Waals surface area contributed by atoms with Crippen LogP contribution >= 0.6 is 0 Å². The standard InChI is InChI=1S/C27H22N4O3/c32-25-23(24(19-11-4-1-5-12-19)29(25)20-13-6-2-7-14-20)22-17-10-18-28-26(33)30(27(34)31(22)28)21-15-8-3-9-16-21/h1-17,22-24H,18H2/t22-,23-,24-/m1/s1. The molecule has 4 aromatic rings. The quantitative estimate of drug-likeness (QED) is 0.354. The molecule has 3 atom stereocenters. The Labute approximate surface area is 195 Å². The fourth-order valence-corrected chi connectivity index (χ4v) is 5.13. The van der Waals surface area contributed by atoms with Gasteiger partial charge in [0, 0.05) is 5.69 Å². The van der Waals surface area contributed by atoms with Crippen LogP contribution < -0.4 is 16.3 Å². The van der Waals surface area contributed by atoms with E-state index in [1.165, 1.54) is 13.9 Å². The number of β-lactam (4-membered cyclic amide) rings is 1. The first-order valence-corrected chi connectivity index (χ1v) is 11.3. The molecular weight excluding hydrogens is 428 g/mol. The molecule has 2 aliphatic heterocycles. The molecule has 0 saturated carbocycles. The van der Waals surface area contributed by atoms with E-state index in [0.29, 0.717) is 5.69 Å². The summed E-state index contributed by atoms with van der Waals surface area (Å²) in [6, 6.07) is 27.4. The van der Waals surface area contributed by atoms with Gasteiger partial charge in [0.2, 0.25) is 5.91 Å². The molecule has 0 N–H and O–H groups in total. The first kappa shape index (κ1) is 20.2. The highest BCUT2D eigenvalue weighted by molar-refractivity contribution is 6.03. The van der Waals surface area contributed by atoms with Crippen LogP contribution in [0.3, 0.4) is 0 Å². The maximum absolute atomic E-state index is 13.6. The molecule has 0 bridgehead atoms. The Morgan fingerprint density at radius 1 is 0.676 bits per heavy atom. The summed E-state index contributed by atoms with van der Waals surface area (Å²) in [5.41, 5.74) is 1.45. The molecule has 7 heteroatoms. The molecular formula is C27H22N4O3. The summed E-state index contributed by atoms with van der Waals surface area (Å²) in [5.74, 6) is -0.593. The minimum Gasteiger partial charge on any atom is -0.304 e. The van der Waals surface area contributed by atoms with Crippen molar-refractivity contribution in [1.29, 1.82) is 0 Å². The fraction of sp³-hybridized carbons (Fsp3) is 0.148. The van der Waals surface area contributed by atoms with Crippen molar-refractivity contribution in [2.45, 2.75) is 18.6 Å². The van der Waals surface area contributed by atoms with Crippen LogP contribution in [0.15, 0.2) is 113 Å². The van der Waals surface area contributed by atoms with Crippen LogP contribution in [0.2, 0.25) is 0 Å². The van der Waals surface area contributed by atoms with E-state index in [2.05, 4.69) is 0 Å². The van der Waals surface area contributed by atoms with E-state index in [4.69, 9.17) is 0 Å². The smallest absolute Gasteiger partial charge is 0.304 e. The minimum absolute atomic E-state index is 0.0741. The lowest BCUT2D eigenvalue weighted by molar-refractivity contribution is -0.132. The number of nitrogens with zero attached hydrogens (tertiary/aromatic N) is 4. The summed E-state index contributed by atoms with van der Waals surface area (Å²) < 4.78 is 4.06. The summed E-state index contributed by atoms with van der Waals surface area (Å²) in [5, 5.41) is 0. The predicted octanol–water partition coefficient (Wildman–Crippen LogP) is 3.32. The van der Waals surface area contributed by atoms with Gasteiger partial charge in [-0.05, 0) is 29.8 Å². The summed E-state index contributed by atoms with van der Waals surface area (Å²) >= 11 is 0. The molecule has 7 nitrogen and oxygen atoms in total. The Kier molecular flexibility index (Phi) is 4.69. The Bertz CT molecular complexity index is 1500. The molecule has 1 amide bonds. The average molecular weight is 450 g/mol. The van der Waals surface area contributed by atoms with Crippen molar-refractivity contribution in [3.8, 4) is 5.69 Å². The maximum Gasteiger partial charge on any atom is 0.352 e. The molecule has 1 aromatic heterocycles. The monoisotopic (exact) mass is 450 g/mol. The van der Waals surface area contributed by atoms with Gasteiger partial charge in [0.05, 0.1) is 30.2 Å². The molecule has 0 unspecified atom stereocenters. The van der Waals surface area contributed by atoms with Gasteiger partial charge in [-0.3, -0.25) is 4.79 Å². The van der Waals surface area contributed by atoms with Gasteiger partial charge in [-0.1, -0.05) is 78.9 Å². The van der Waals surface area contributed by atoms with Crippen molar-refractivity contribution in [2.24, 2.45) is 5.92 Å². The van der Waals surface area contributed by atoms with Crippen molar-refractivity contribution >= 4 is 11.6 Å². The normalized spacial score (nSPS) is 21.2. The number of hydrogen-bond donors (Lipinski definition) is 0. The maximum atomic E-state index is 13.6. The van der Waals surface area contributed by atoms with E-state index in [-0.39, 0.29) is 18.5 Å². The molecule has 1 saturated heterocycles. The van der Waals surface area contributed by atoms with Crippen molar-refractivity contribution in [3.05, 3.63) is 130 Å². The van der Waals surface area contributed by atoms with Crippen molar-refractivity contribution in [2.75, 3.05) is 4.90 Å². The van der Waals surface area contributed by atoms with Gasteiger partial charge in [-0.25, -0.2) is 23.5 Å². The van der Waals surface area contributed by atoms with Crippen LogP contribution in [0, 0.1) is 5.92 Å². The zero-order valence-corrected chi connectivity index (χ0v) is 18.3. The predicted molar refractivity (Wildman–Crippen MR) is 129 cm³/mol. The first-order valence-electron chi connectivity index (χ1n) is 11.3. The largest absolute Gasteiger partial charge is 0.352 e. The Morgan fingerprint density at radius 2 is 1.26 bits per heavy atom. The topological polar surface area (TPSA) is 69.2 Å². The Balaban J connectivity index is 1.49. The molecule has 168 valence electrons. The highest BCUT2D eigenvalue weighted by Gasteiger charge is 2.53. The van der Waals surface area contributed by atoms with E-state index in [1.54, 1.807) is 29.2 Å². The van der Waals surface area contributed by atoms with Gasteiger partial charge in [0.15, 0.2) is 0 Å². The molecule has 3 aromatic carbocycles. The third kappa shape index (κ3) is 2.94. The van der Waals surface area contributed by atoms with Gasteiger partial charge in [0.1, 0.15) is 0 Å². The molecule has 1 fully saturated rings. The number of aromatic nitrogens is 3. The lowest BCUT2D eigenvalue weighted by Crippen LogP contribution is -2.59. The third-order valence-corrected chi connectivity index (χ3v) is 6.65. The highest BCUT2D eigenvalue weighted by atomic mass is 16.2. The van der Waals surface area contributed by atoms with E-state index in [1.807, 2.05) is 78.9 Å². The number of carbonyl (C=O) groups excluding carboxylic acids is 1. The molecule has 3 heterocycles. The lowest BCUT2D eigenvalue weighted by Gasteiger charge is -2.50. The Morgan fingerprint density at radius 3 is 1.91 bits per heavy atom. The minimum atomic E-state index is -0.573. The summed E-state index contributed by atoms with van der Waals surface area (Å²) in [6.07, 6.45) is 3.75. The number of fused-ring (bicyclic) bond motifs is 1. The van der Waals surface area contributed by atoms with Crippen LogP contribution in [-0.4, -0.2) is 19.8 Å². The molecule has 0 aliphatic carbocycles. The number of anilines is 1. The van der Waals surface area contributed by atoms with Crippen molar-refractivity contribution in [3.63, 3.8) is 0 Å². The number of carbonyl (C=O) groups is 1. The lowest BCUT2D eigenvalue weighted by atomic mass is 9.76. The Hall–Kier alpha value is -4.39. The average Bonchev–Trinajstić information content (AvgIpc) is 3.14. The number of rotatable bonds is 4. The van der Waals surface area contributed by atoms with Crippen LogP contribution in [-0.2, 0) is 11.3 Å². The van der Waals surface area contributed by atoms with Gasteiger partial charge in [-0.15, -0.1) is 0 Å². The fourth-order valence-electron chi connectivity index (χ4n) is 5.13. The second kappa shape index (κ2) is 7.88. The first-order chi connectivity index (χ1) is 16.7. The summed E-state index contributed by atoms with van der Waals surface area (Å²) in [6.45, 7) is 0.281. The molecule has 0 radical (unpaired) electrons. The molecule has 2 aliphatic rings. The third-order valence-electron chi connectivity index (χ3n) is 6.65. The van der Waals surface area contributed by atoms with Gasteiger partial charge < -0.3 is 4.90 Å². The highest BCUT2D eigenvalue weighted by Crippen LogP contribution is 2.48. The zero-order valence-electron chi connectivity index (χ0n) is 18.3. The van der Waals surface area contributed by atoms with Gasteiger partial charge in [0.25, 0.3) is 0 Å². The van der Waals surface area contributed by atoms with E-state index >= 15 is 0 Å². The van der Waals surface area contributed by atoms with Gasteiger partial charge >= 0.3 is 11.4 Å². The SMILES string of the molecule is O=C1[C@H]([C@H]2C=CCn3c(=O)n(-c4ccccc4)c(=O)n32)[C@@H](c2ccccc2)N1c1ccccc1. The number of allylic oxidation sites excluding steroid dienone is 2. The molecule has 34 heavy (non-hydrogen) atoms. The van der Waals surface area contributed by atoms with Crippen molar-refractivity contribution < 1.29 is 4.79 Å². The number of amides is 1. The van der Waals surface area contributed by atoms with Crippen LogP contribution in [0.4, 0.5) is 5.69 Å². The number of benzene rings is 3. The second-order valence-corrected chi connectivity index (χ2v) is 8.51. The summed E-state index contributed by atoms with van der Waals surface area (Å²) in [4.78, 5) is 42.1. The van der Waals surface area contributed by atoms with Crippen molar-refractivity contribution in [1.82, 2.24) is 13.9 Å². The zero-order chi connectivity index (χ0) is 23.2. The number of hydrogen-bond acceptors (Lipinski definition) is 3. The van der Waals surface area contributed by atoms with Crippen LogP contribution in [0.5, 0.6) is 0 Å². The van der Waals surface area contributed by atoms with E-state index in [9.17, 15) is 14.4 Å². The second-order valence-electron chi connectivity index (χ2n) is 8.51. The van der Waals surface area contributed by atoms with Gasteiger partial charge in [-0.2, -0.15) is 0 Å². The molecule has 0 spiro atoms. The number of para-hydroxylation sites is 2. The molecule has 6 rings (SSSR count). The van der Waals surface area contributed by atoms with Crippen LogP contribution in [0.1, 0.15) is 17.6 Å². The van der Waals surface area contributed by atoms with Crippen LogP contribution in [0.25, 0.3) is 5.69 Å². The summed E-state index contributed by atoms with van der Waals surface area (Å²) in [7, 11) is 0.